The van der Waals surface area contributed by atoms with Crippen LogP contribution >= 0.6 is 11.8 Å². The summed E-state index contributed by atoms with van der Waals surface area (Å²) in [5, 5.41) is 4.46. The van der Waals surface area contributed by atoms with E-state index < -0.39 is 0 Å². The zero-order valence-electron chi connectivity index (χ0n) is 17.1. The maximum atomic E-state index is 12.0. The number of hydrogen-bond donors (Lipinski definition) is 1. The molecular weight excluding hydrogens is 402 g/mol. The van der Waals surface area contributed by atoms with Crippen molar-refractivity contribution in [3.8, 4) is 11.5 Å². The summed E-state index contributed by atoms with van der Waals surface area (Å²) in [6.07, 6.45) is 4.86. The maximum Gasteiger partial charge on any atom is 0.257 e. The number of fused-ring (bicyclic) bond motifs is 1. The number of carbonyl (C=O) groups excluding carboxylic acids is 1. The van der Waals surface area contributed by atoms with Crippen molar-refractivity contribution in [1.82, 2.24) is 10.4 Å². The maximum absolute atomic E-state index is 12.0. The lowest BCUT2D eigenvalue weighted by Gasteiger charge is -2.11. The van der Waals surface area contributed by atoms with E-state index in [1.54, 1.807) is 13.3 Å². The average molecular weight is 428 g/mol. The molecule has 3 aromatic rings. The second-order valence-corrected chi connectivity index (χ2v) is 7.42. The van der Waals surface area contributed by atoms with Gasteiger partial charge < -0.3 is 13.9 Å². The number of ether oxygens (including phenoxy) is 2. The van der Waals surface area contributed by atoms with Gasteiger partial charge in [-0.1, -0.05) is 43.7 Å². The van der Waals surface area contributed by atoms with Gasteiger partial charge in [0.05, 0.1) is 25.7 Å². The van der Waals surface area contributed by atoms with Crippen LogP contribution in [-0.2, 0) is 4.79 Å². The van der Waals surface area contributed by atoms with Gasteiger partial charge in [0.15, 0.2) is 17.1 Å². The first-order chi connectivity index (χ1) is 14.7. The highest BCUT2D eigenvalue weighted by atomic mass is 32.2. The predicted molar refractivity (Wildman–Crippen MR) is 118 cm³/mol. The molecule has 0 spiro atoms. The van der Waals surface area contributed by atoms with Gasteiger partial charge >= 0.3 is 0 Å². The average Bonchev–Trinajstić information content (AvgIpc) is 3.19. The summed E-state index contributed by atoms with van der Waals surface area (Å²) in [6, 6.07) is 13.0. The van der Waals surface area contributed by atoms with Crippen LogP contribution in [0.5, 0.6) is 11.5 Å². The number of oxazole rings is 1. The summed E-state index contributed by atoms with van der Waals surface area (Å²) in [5.41, 5.74) is 4.76. The number of hydrazone groups is 1. The minimum absolute atomic E-state index is 0.151. The van der Waals surface area contributed by atoms with Gasteiger partial charge in [-0.3, -0.25) is 4.79 Å². The summed E-state index contributed by atoms with van der Waals surface area (Å²) in [5.74, 6) is 1.23. The number of thioether (sulfide) groups is 1. The molecule has 0 fully saturated rings. The van der Waals surface area contributed by atoms with E-state index >= 15 is 0 Å². The highest BCUT2D eigenvalue weighted by Gasteiger charge is 2.09. The third-order valence-corrected chi connectivity index (χ3v) is 5.03. The number of methoxy groups -OCH3 is 1. The van der Waals surface area contributed by atoms with Gasteiger partial charge in [-0.2, -0.15) is 5.10 Å². The Kier molecular flexibility index (Phi) is 8.14. The monoisotopic (exact) mass is 427 g/mol. The summed E-state index contributed by atoms with van der Waals surface area (Å²) >= 11 is 1.22. The zero-order chi connectivity index (χ0) is 21.2. The Morgan fingerprint density at radius 2 is 2.10 bits per heavy atom. The fraction of sp³-hybridized carbons (Fsp3) is 0.318. The normalized spacial score (nSPS) is 11.1. The SMILES string of the molecule is CCCCCOc1ccc(/C=N/NC(=O)CSc2nc3ccccc3o2)cc1OC. The molecule has 7 nitrogen and oxygen atoms in total. The summed E-state index contributed by atoms with van der Waals surface area (Å²) in [7, 11) is 1.60. The molecule has 8 heteroatoms. The number of nitrogens with one attached hydrogen (secondary N) is 1. The molecule has 1 N–H and O–H groups in total. The molecule has 0 atom stereocenters. The van der Waals surface area contributed by atoms with Crippen molar-refractivity contribution < 1.29 is 18.7 Å². The van der Waals surface area contributed by atoms with Crippen LogP contribution in [0.2, 0.25) is 0 Å². The van der Waals surface area contributed by atoms with Gasteiger partial charge in [0.2, 0.25) is 0 Å². The molecule has 0 aliphatic heterocycles. The van der Waals surface area contributed by atoms with Crippen LogP contribution in [0.15, 0.2) is 57.2 Å². The predicted octanol–water partition coefficient (Wildman–Crippen LogP) is 4.65. The number of amides is 1. The number of unbranched alkanes of at least 4 members (excludes halogenated alkanes) is 2. The lowest BCUT2D eigenvalue weighted by Crippen LogP contribution is -2.19. The molecule has 1 amide bonds. The van der Waals surface area contributed by atoms with Crippen LogP contribution in [0.1, 0.15) is 31.7 Å². The number of carbonyl (C=O) groups is 1. The Bertz CT molecular complexity index is 970. The third-order valence-electron chi connectivity index (χ3n) is 4.20. The van der Waals surface area contributed by atoms with Gasteiger partial charge in [0.1, 0.15) is 5.52 Å². The molecule has 0 unspecified atom stereocenters. The van der Waals surface area contributed by atoms with Crippen LogP contribution < -0.4 is 14.9 Å². The minimum Gasteiger partial charge on any atom is -0.493 e. The molecule has 158 valence electrons. The molecule has 30 heavy (non-hydrogen) atoms. The van der Waals surface area contributed by atoms with Crippen LogP contribution in [0.4, 0.5) is 0 Å². The lowest BCUT2D eigenvalue weighted by molar-refractivity contribution is -0.118. The summed E-state index contributed by atoms with van der Waals surface area (Å²) in [6.45, 7) is 2.81. The first kappa shape index (κ1) is 21.7. The minimum atomic E-state index is -0.249. The van der Waals surface area contributed by atoms with Crippen LogP contribution in [0, 0.1) is 0 Å². The zero-order valence-corrected chi connectivity index (χ0v) is 17.9. The largest absolute Gasteiger partial charge is 0.493 e. The van der Waals surface area contributed by atoms with Crippen molar-refractivity contribution in [1.29, 1.82) is 0 Å². The Morgan fingerprint density at radius 3 is 2.90 bits per heavy atom. The molecule has 0 bridgehead atoms. The summed E-state index contributed by atoms with van der Waals surface area (Å²) in [4.78, 5) is 16.3. The van der Waals surface area contributed by atoms with E-state index in [4.69, 9.17) is 13.9 Å². The highest BCUT2D eigenvalue weighted by molar-refractivity contribution is 7.99. The molecule has 0 aliphatic carbocycles. The topological polar surface area (TPSA) is 86.0 Å². The second-order valence-electron chi connectivity index (χ2n) is 6.50. The number of aromatic nitrogens is 1. The molecule has 0 saturated carbocycles. The third kappa shape index (κ3) is 6.25. The molecule has 1 aromatic heterocycles. The number of rotatable bonds is 11. The van der Waals surface area contributed by atoms with E-state index in [1.807, 2.05) is 42.5 Å². The van der Waals surface area contributed by atoms with E-state index in [9.17, 15) is 4.79 Å². The van der Waals surface area contributed by atoms with Crippen LogP contribution in [-0.4, -0.2) is 36.6 Å². The molecule has 0 radical (unpaired) electrons. The van der Waals surface area contributed by atoms with Crippen molar-refractivity contribution in [2.45, 2.75) is 31.4 Å². The smallest absolute Gasteiger partial charge is 0.257 e. The number of para-hydroxylation sites is 2. The first-order valence-electron chi connectivity index (χ1n) is 9.80. The number of benzene rings is 2. The van der Waals surface area contributed by atoms with Crippen molar-refractivity contribution in [3.63, 3.8) is 0 Å². The second kappa shape index (κ2) is 11.3. The van der Waals surface area contributed by atoms with E-state index in [-0.39, 0.29) is 11.7 Å². The van der Waals surface area contributed by atoms with Crippen LogP contribution in [0.25, 0.3) is 11.1 Å². The van der Waals surface area contributed by atoms with Crippen molar-refractivity contribution >= 4 is 35.0 Å². The van der Waals surface area contributed by atoms with Crippen molar-refractivity contribution in [2.24, 2.45) is 5.10 Å². The molecular formula is C22H25N3O4S. The lowest BCUT2D eigenvalue weighted by atomic mass is 10.2. The van der Waals surface area contributed by atoms with E-state index in [0.29, 0.717) is 28.9 Å². The van der Waals surface area contributed by atoms with Gasteiger partial charge in [0, 0.05) is 0 Å². The fourth-order valence-electron chi connectivity index (χ4n) is 2.67. The standard InChI is InChI=1S/C22H25N3O4S/c1-3-4-7-12-28-19-11-10-16(13-20(19)27-2)14-23-25-21(26)15-30-22-24-17-8-5-6-9-18(17)29-22/h5-6,8-11,13-14H,3-4,7,12,15H2,1-2H3,(H,25,26)/b23-14+. The van der Waals surface area contributed by atoms with E-state index in [0.717, 1.165) is 30.3 Å². The first-order valence-corrected chi connectivity index (χ1v) is 10.8. The number of nitrogens with zero attached hydrogens (tertiary/aromatic N) is 2. The summed E-state index contributed by atoms with van der Waals surface area (Å²) < 4.78 is 16.7. The molecule has 0 aliphatic rings. The molecule has 3 rings (SSSR count). The number of hydrogen-bond acceptors (Lipinski definition) is 7. The molecule has 0 saturated heterocycles. The van der Waals surface area contributed by atoms with Crippen molar-refractivity contribution in [2.75, 3.05) is 19.5 Å². The van der Waals surface area contributed by atoms with E-state index in [1.165, 1.54) is 11.8 Å². The van der Waals surface area contributed by atoms with Gasteiger partial charge in [-0.05, 0) is 42.3 Å². The Hall–Kier alpha value is -3.00. The van der Waals surface area contributed by atoms with E-state index in [2.05, 4.69) is 22.4 Å². The Morgan fingerprint density at radius 1 is 1.23 bits per heavy atom. The Labute approximate surface area is 179 Å². The highest BCUT2D eigenvalue weighted by Crippen LogP contribution is 2.28. The van der Waals surface area contributed by atoms with Gasteiger partial charge in [-0.15, -0.1) is 0 Å². The van der Waals surface area contributed by atoms with Crippen molar-refractivity contribution in [3.05, 3.63) is 48.0 Å². The quantitative estimate of drug-likeness (QED) is 0.208. The fourth-order valence-corrected chi connectivity index (χ4v) is 3.30. The van der Waals surface area contributed by atoms with Gasteiger partial charge in [-0.25, -0.2) is 10.4 Å². The molecule has 1 heterocycles. The van der Waals surface area contributed by atoms with Crippen LogP contribution in [0.3, 0.4) is 0 Å². The Balaban J connectivity index is 1.48. The molecule has 2 aromatic carbocycles. The van der Waals surface area contributed by atoms with Gasteiger partial charge in [0.25, 0.3) is 11.1 Å².